The maximum Gasteiger partial charge on any atom is 0.294 e. The third kappa shape index (κ3) is 6.12. The van der Waals surface area contributed by atoms with Crippen molar-refractivity contribution >= 4 is 56.5 Å². The largest absolute Gasteiger partial charge is 0.495 e. The molecular weight excluding hydrogens is 532 g/mol. The molecule has 3 aromatic rings. The summed E-state index contributed by atoms with van der Waals surface area (Å²) in [4.78, 5) is 39.2. The molecule has 35 heavy (non-hydrogen) atoms. The van der Waals surface area contributed by atoms with Gasteiger partial charge >= 0.3 is 0 Å². The number of thioether (sulfide) groups is 1. The summed E-state index contributed by atoms with van der Waals surface area (Å²) in [7, 11) is 1.49. The predicted molar refractivity (Wildman–Crippen MR) is 139 cm³/mol. The van der Waals surface area contributed by atoms with Crippen LogP contribution < -0.4 is 14.8 Å². The molecule has 1 aliphatic rings. The van der Waals surface area contributed by atoms with Crippen molar-refractivity contribution < 1.29 is 23.9 Å². The Morgan fingerprint density at radius 2 is 1.77 bits per heavy atom. The maximum atomic E-state index is 13.0. The molecule has 0 radical (unpaired) electrons. The van der Waals surface area contributed by atoms with Crippen LogP contribution in [0, 0.1) is 0 Å². The van der Waals surface area contributed by atoms with E-state index in [1.807, 2.05) is 42.5 Å². The van der Waals surface area contributed by atoms with Crippen LogP contribution in [-0.2, 0) is 16.2 Å². The number of nitrogens with one attached hydrogen (secondary N) is 1. The van der Waals surface area contributed by atoms with Crippen LogP contribution in [0.3, 0.4) is 0 Å². The minimum absolute atomic E-state index is 0.211. The summed E-state index contributed by atoms with van der Waals surface area (Å²) in [6, 6.07) is 22.1. The number of para-hydroxylation sites is 2. The Labute approximate surface area is 215 Å². The lowest BCUT2D eigenvalue weighted by molar-refractivity contribution is -0.127. The van der Waals surface area contributed by atoms with E-state index in [1.54, 1.807) is 36.4 Å². The smallest absolute Gasteiger partial charge is 0.294 e. The average molecular weight is 553 g/mol. The normalized spacial score (nSPS) is 14.3. The Morgan fingerprint density at radius 3 is 2.54 bits per heavy atom. The SMILES string of the molecule is COc1ccccc1NC(=O)CN1C(=O)S/C(=C\c2cc(Br)ccc2OCc2ccccc2)C1=O. The van der Waals surface area contributed by atoms with Gasteiger partial charge in [-0.15, -0.1) is 0 Å². The molecule has 1 heterocycles. The number of carbonyl (C=O) groups excluding carboxylic acids is 3. The molecule has 0 saturated carbocycles. The van der Waals surface area contributed by atoms with Crippen LogP contribution in [0.2, 0.25) is 0 Å². The summed E-state index contributed by atoms with van der Waals surface area (Å²) in [6.45, 7) is -0.0518. The van der Waals surface area contributed by atoms with Gasteiger partial charge in [-0.1, -0.05) is 58.4 Å². The number of nitrogens with zero attached hydrogens (tertiary/aromatic N) is 1. The molecule has 1 N–H and O–H groups in total. The molecule has 178 valence electrons. The molecule has 7 nitrogen and oxygen atoms in total. The van der Waals surface area contributed by atoms with Gasteiger partial charge in [-0.25, -0.2) is 0 Å². The number of imide groups is 1. The molecule has 3 aromatic carbocycles. The van der Waals surface area contributed by atoms with Crippen molar-refractivity contribution in [2.75, 3.05) is 19.0 Å². The van der Waals surface area contributed by atoms with Gasteiger partial charge in [-0.05, 0) is 53.7 Å². The van der Waals surface area contributed by atoms with E-state index in [-0.39, 0.29) is 4.91 Å². The minimum Gasteiger partial charge on any atom is -0.495 e. The molecule has 3 amide bonds. The first-order valence-electron chi connectivity index (χ1n) is 10.6. The summed E-state index contributed by atoms with van der Waals surface area (Å²) >= 11 is 4.22. The zero-order valence-electron chi connectivity index (χ0n) is 18.7. The Morgan fingerprint density at radius 1 is 1.03 bits per heavy atom. The molecular formula is C26H21BrN2O5S. The van der Waals surface area contributed by atoms with Crippen LogP contribution >= 0.6 is 27.7 Å². The van der Waals surface area contributed by atoms with Crippen molar-refractivity contribution in [2.45, 2.75) is 6.61 Å². The number of methoxy groups -OCH3 is 1. The standard InChI is InChI=1S/C26H21BrN2O5S/c1-33-22-10-6-5-9-20(22)28-24(30)15-29-25(31)23(35-26(29)32)14-18-13-19(27)11-12-21(18)34-16-17-7-3-2-4-8-17/h2-14H,15-16H2,1H3,(H,28,30)/b23-14-. The van der Waals surface area contributed by atoms with Crippen LogP contribution in [0.4, 0.5) is 10.5 Å². The number of benzene rings is 3. The zero-order valence-corrected chi connectivity index (χ0v) is 21.1. The third-order valence-corrected chi connectivity index (χ3v) is 6.45. The van der Waals surface area contributed by atoms with Gasteiger partial charge in [0, 0.05) is 10.0 Å². The van der Waals surface area contributed by atoms with E-state index in [9.17, 15) is 14.4 Å². The van der Waals surface area contributed by atoms with Gasteiger partial charge in [-0.3, -0.25) is 19.3 Å². The molecule has 1 fully saturated rings. The molecule has 0 spiro atoms. The summed E-state index contributed by atoms with van der Waals surface area (Å²) < 4.78 is 12.0. The van der Waals surface area contributed by atoms with Gasteiger partial charge in [0.25, 0.3) is 11.1 Å². The molecule has 9 heteroatoms. The topological polar surface area (TPSA) is 84.9 Å². The van der Waals surface area contributed by atoms with Gasteiger partial charge in [0.1, 0.15) is 24.7 Å². The Balaban J connectivity index is 1.48. The summed E-state index contributed by atoms with van der Waals surface area (Å²) in [6.07, 6.45) is 1.61. The fraction of sp³-hybridized carbons (Fsp3) is 0.115. The number of carbonyl (C=O) groups is 3. The summed E-state index contributed by atoms with van der Waals surface area (Å²) in [5, 5.41) is 2.16. The molecule has 1 saturated heterocycles. The minimum atomic E-state index is -0.538. The highest BCUT2D eigenvalue weighted by Crippen LogP contribution is 2.35. The number of hydrogen-bond donors (Lipinski definition) is 1. The second-order valence-corrected chi connectivity index (χ2v) is 9.38. The van der Waals surface area contributed by atoms with Crippen molar-refractivity contribution in [1.29, 1.82) is 0 Å². The van der Waals surface area contributed by atoms with E-state index in [0.29, 0.717) is 29.4 Å². The van der Waals surface area contributed by atoms with E-state index >= 15 is 0 Å². The van der Waals surface area contributed by atoms with Gasteiger partial charge < -0.3 is 14.8 Å². The molecule has 0 atom stereocenters. The third-order valence-electron chi connectivity index (χ3n) is 5.05. The number of halogens is 1. The Bertz CT molecular complexity index is 1300. The highest BCUT2D eigenvalue weighted by molar-refractivity contribution is 9.10. The number of ether oxygens (including phenoxy) is 2. The van der Waals surface area contributed by atoms with Crippen molar-refractivity contribution in [2.24, 2.45) is 0 Å². The van der Waals surface area contributed by atoms with E-state index in [2.05, 4.69) is 21.2 Å². The molecule has 1 aliphatic heterocycles. The van der Waals surface area contributed by atoms with Crippen LogP contribution in [0.1, 0.15) is 11.1 Å². The molecule has 4 rings (SSSR count). The second kappa shape index (κ2) is 11.2. The van der Waals surface area contributed by atoms with Gasteiger partial charge in [-0.2, -0.15) is 0 Å². The Hall–Kier alpha value is -3.56. The first-order chi connectivity index (χ1) is 16.9. The van der Waals surface area contributed by atoms with Crippen molar-refractivity contribution in [3.8, 4) is 11.5 Å². The number of hydrogen-bond acceptors (Lipinski definition) is 6. The monoisotopic (exact) mass is 552 g/mol. The number of rotatable bonds is 8. The first-order valence-corrected chi connectivity index (χ1v) is 12.2. The Kier molecular flexibility index (Phi) is 7.89. The van der Waals surface area contributed by atoms with Gasteiger partial charge in [0.15, 0.2) is 0 Å². The van der Waals surface area contributed by atoms with E-state index in [4.69, 9.17) is 9.47 Å². The number of amides is 3. The van der Waals surface area contributed by atoms with E-state index in [1.165, 1.54) is 7.11 Å². The van der Waals surface area contributed by atoms with Crippen molar-refractivity contribution in [3.05, 3.63) is 93.3 Å². The fourth-order valence-electron chi connectivity index (χ4n) is 3.36. The highest BCUT2D eigenvalue weighted by atomic mass is 79.9. The van der Waals surface area contributed by atoms with Crippen LogP contribution in [0.25, 0.3) is 6.08 Å². The fourth-order valence-corrected chi connectivity index (χ4v) is 4.57. The lowest BCUT2D eigenvalue weighted by atomic mass is 10.1. The molecule has 0 bridgehead atoms. The van der Waals surface area contributed by atoms with Gasteiger partial charge in [0.05, 0.1) is 17.7 Å². The van der Waals surface area contributed by atoms with Gasteiger partial charge in [0.2, 0.25) is 5.91 Å². The van der Waals surface area contributed by atoms with E-state index < -0.39 is 23.6 Å². The number of anilines is 1. The van der Waals surface area contributed by atoms with Crippen LogP contribution in [0.15, 0.2) is 82.2 Å². The predicted octanol–water partition coefficient (Wildman–Crippen LogP) is 5.71. The van der Waals surface area contributed by atoms with Crippen LogP contribution in [0.5, 0.6) is 11.5 Å². The maximum absolute atomic E-state index is 13.0. The zero-order chi connectivity index (χ0) is 24.8. The average Bonchev–Trinajstić information content (AvgIpc) is 3.11. The molecule has 0 aromatic heterocycles. The van der Waals surface area contributed by atoms with Crippen LogP contribution in [-0.4, -0.2) is 35.6 Å². The first kappa shape index (κ1) is 24.6. The lowest BCUT2D eigenvalue weighted by Crippen LogP contribution is -2.36. The summed E-state index contributed by atoms with van der Waals surface area (Å²) in [5.41, 5.74) is 2.10. The second-order valence-electron chi connectivity index (χ2n) is 7.47. The molecule has 0 unspecified atom stereocenters. The highest BCUT2D eigenvalue weighted by Gasteiger charge is 2.36. The quantitative estimate of drug-likeness (QED) is 0.360. The van der Waals surface area contributed by atoms with Crippen molar-refractivity contribution in [3.63, 3.8) is 0 Å². The summed E-state index contributed by atoms with van der Waals surface area (Å²) in [5.74, 6) is 0.00175. The lowest BCUT2D eigenvalue weighted by Gasteiger charge is -2.14. The van der Waals surface area contributed by atoms with E-state index in [0.717, 1.165) is 26.7 Å². The molecule has 0 aliphatic carbocycles. The van der Waals surface area contributed by atoms with Crippen molar-refractivity contribution in [1.82, 2.24) is 4.90 Å².